The van der Waals surface area contributed by atoms with Crippen molar-refractivity contribution >= 4 is 23.1 Å². The van der Waals surface area contributed by atoms with Gasteiger partial charge in [-0.05, 0) is 48.4 Å². The van der Waals surface area contributed by atoms with Crippen molar-refractivity contribution in [2.24, 2.45) is 0 Å². The Hall–Kier alpha value is -1.74. The van der Waals surface area contributed by atoms with Crippen molar-refractivity contribution in [1.82, 2.24) is 4.98 Å². The van der Waals surface area contributed by atoms with E-state index in [2.05, 4.69) is 11.1 Å². The lowest BCUT2D eigenvalue weighted by molar-refractivity contribution is 0.415. The van der Waals surface area contributed by atoms with E-state index in [0.29, 0.717) is 5.88 Å². The molecule has 0 saturated carbocycles. The fraction of sp³-hybridized carbons (Fsp3) is 0.267. The summed E-state index contributed by atoms with van der Waals surface area (Å²) in [5.41, 5.74) is 3.21. The van der Waals surface area contributed by atoms with Crippen molar-refractivity contribution in [2.45, 2.75) is 12.8 Å². The summed E-state index contributed by atoms with van der Waals surface area (Å²) in [7, 11) is 3.66. The molecule has 4 heteroatoms. The van der Waals surface area contributed by atoms with Gasteiger partial charge in [-0.3, -0.25) is 0 Å². The molecule has 0 aliphatic heterocycles. The third kappa shape index (κ3) is 2.99. The summed E-state index contributed by atoms with van der Waals surface area (Å²) in [5, 5.41) is 0. The highest BCUT2D eigenvalue weighted by molar-refractivity contribution is 6.17. The Morgan fingerprint density at radius 2 is 1.95 bits per heavy atom. The van der Waals surface area contributed by atoms with Gasteiger partial charge in [-0.25, -0.2) is 4.98 Å². The lowest BCUT2D eigenvalue weighted by Gasteiger charge is -2.20. The van der Waals surface area contributed by atoms with E-state index in [-0.39, 0.29) is 0 Å². The molecule has 0 saturated heterocycles. The third-order valence-electron chi connectivity index (χ3n) is 3.04. The standard InChI is InChI=1S/C15H17ClN2O/c1-11-8-12(9-16)10-17-15(11)18(2)13-4-6-14(19-3)7-5-13/h4-8,10H,9H2,1-3H3. The van der Waals surface area contributed by atoms with Crippen molar-refractivity contribution in [3.8, 4) is 5.75 Å². The second kappa shape index (κ2) is 5.93. The fourth-order valence-electron chi connectivity index (χ4n) is 1.98. The highest BCUT2D eigenvalue weighted by Gasteiger charge is 2.09. The van der Waals surface area contributed by atoms with Gasteiger partial charge in [0.25, 0.3) is 0 Å². The summed E-state index contributed by atoms with van der Waals surface area (Å²) in [6, 6.07) is 9.96. The number of hydrogen-bond acceptors (Lipinski definition) is 3. The number of pyridine rings is 1. The molecule has 3 nitrogen and oxygen atoms in total. The maximum absolute atomic E-state index is 5.81. The molecule has 0 unspecified atom stereocenters. The molecule has 0 spiro atoms. The molecule has 2 rings (SSSR count). The fourth-order valence-corrected chi connectivity index (χ4v) is 2.12. The van der Waals surface area contributed by atoms with Gasteiger partial charge in [-0.1, -0.05) is 0 Å². The number of aryl methyl sites for hydroxylation is 1. The summed E-state index contributed by atoms with van der Waals surface area (Å²) in [6.45, 7) is 2.04. The minimum atomic E-state index is 0.486. The second-order valence-electron chi connectivity index (χ2n) is 4.37. The monoisotopic (exact) mass is 276 g/mol. The van der Waals surface area contributed by atoms with E-state index in [1.807, 2.05) is 49.3 Å². The number of aromatic nitrogens is 1. The van der Waals surface area contributed by atoms with Gasteiger partial charge < -0.3 is 9.64 Å². The van der Waals surface area contributed by atoms with Gasteiger partial charge in [-0.2, -0.15) is 0 Å². The quantitative estimate of drug-likeness (QED) is 0.792. The number of hydrogen-bond donors (Lipinski definition) is 0. The molecule has 0 aliphatic carbocycles. The predicted octanol–water partition coefficient (Wildman–Crippen LogP) is 3.91. The molecule has 0 N–H and O–H groups in total. The van der Waals surface area contributed by atoms with Crippen LogP contribution in [0.25, 0.3) is 0 Å². The zero-order chi connectivity index (χ0) is 13.8. The SMILES string of the molecule is COc1ccc(N(C)c2ncc(CCl)cc2C)cc1. The lowest BCUT2D eigenvalue weighted by atomic mass is 10.2. The van der Waals surface area contributed by atoms with Gasteiger partial charge in [0.05, 0.1) is 7.11 Å². The summed E-state index contributed by atoms with van der Waals surface area (Å²) in [5.74, 6) is 2.26. The number of nitrogens with zero attached hydrogens (tertiary/aromatic N) is 2. The van der Waals surface area contributed by atoms with Crippen molar-refractivity contribution in [3.63, 3.8) is 0 Å². The molecule has 0 amide bonds. The molecular weight excluding hydrogens is 260 g/mol. The van der Waals surface area contributed by atoms with E-state index in [9.17, 15) is 0 Å². The van der Waals surface area contributed by atoms with E-state index in [1.54, 1.807) is 7.11 Å². The Kier molecular flexibility index (Phi) is 4.27. The van der Waals surface area contributed by atoms with Crippen LogP contribution in [-0.2, 0) is 5.88 Å². The van der Waals surface area contributed by atoms with Gasteiger partial charge in [0.2, 0.25) is 0 Å². The molecule has 0 aliphatic rings. The van der Waals surface area contributed by atoms with E-state index < -0.39 is 0 Å². The first-order valence-electron chi connectivity index (χ1n) is 6.05. The Balaban J connectivity index is 2.29. The van der Waals surface area contributed by atoms with Crippen molar-refractivity contribution in [1.29, 1.82) is 0 Å². The zero-order valence-corrected chi connectivity index (χ0v) is 12.1. The highest BCUT2D eigenvalue weighted by atomic mass is 35.5. The maximum atomic E-state index is 5.81. The van der Waals surface area contributed by atoms with Crippen LogP contribution >= 0.6 is 11.6 Å². The molecule has 0 atom stereocenters. The molecule has 19 heavy (non-hydrogen) atoms. The lowest BCUT2D eigenvalue weighted by Crippen LogP contribution is -2.12. The van der Waals surface area contributed by atoms with Gasteiger partial charge in [0.15, 0.2) is 0 Å². The first-order chi connectivity index (χ1) is 9.15. The van der Waals surface area contributed by atoms with Gasteiger partial charge in [0, 0.05) is 24.8 Å². The maximum Gasteiger partial charge on any atom is 0.135 e. The Labute approximate surface area is 118 Å². The molecule has 0 radical (unpaired) electrons. The minimum Gasteiger partial charge on any atom is -0.497 e. The van der Waals surface area contributed by atoms with E-state index >= 15 is 0 Å². The van der Waals surface area contributed by atoms with Crippen LogP contribution in [0.4, 0.5) is 11.5 Å². The van der Waals surface area contributed by atoms with E-state index in [4.69, 9.17) is 16.3 Å². The Bertz CT molecular complexity index is 555. The van der Waals surface area contributed by atoms with Crippen LogP contribution in [0.1, 0.15) is 11.1 Å². The van der Waals surface area contributed by atoms with Gasteiger partial charge in [0.1, 0.15) is 11.6 Å². The zero-order valence-electron chi connectivity index (χ0n) is 11.4. The number of ether oxygens (including phenoxy) is 1. The normalized spacial score (nSPS) is 10.3. The first-order valence-corrected chi connectivity index (χ1v) is 6.58. The molecule has 1 aromatic carbocycles. The number of anilines is 2. The minimum absolute atomic E-state index is 0.486. The van der Waals surface area contributed by atoms with Crippen LogP contribution in [0, 0.1) is 6.92 Å². The van der Waals surface area contributed by atoms with Crippen LogP contribution in [-0.4, -0.2) is 19.1 Å². The van der Waals surface area contributed by atoms with Gasteiger partial charge in [-0.15, -0.1) is 11.6 Å². The number of alkyl halides is 1. The highest BCUT2D eigenvalue weighted by Crippen LogP contribution is 2.26. The number of methoxy groups -OCH3 is 1. The summed E-state index contributed by atoms with van der Waals surface area (Å²) >= 11 is 5.81. The molecule has 1 heterocycles. The molecule has 2 aromatic rings. The van der Waals surface area contributed by atoms with Crippen LogP contribution in [0.2, 0.25) is 0 Å². The molecule has 1 aromatic heterocycles. The number of rotatable bonds is 4. The molecule has 0 fully saturated rings. The van der Waals surface area contributed by atoms with Crippen LogP contribution in [0.5, 0.6) is 5.75 Å². The Morgan fingerprint density at radius 3 is 2.47 bits per heavy atom. The topological polar surface area (TPSA) is 25.4 Å². The summed E-state index contributed by atoms with van der Waals surface area (Å²) in [6.07, 6.45) is 1.81. The smallest absolute Gasteiger partial charge is 0.135 e. The molecule has 100 valence electrons. The van der Waals surface area contributed by atoms with E-state index in [1.165, 1.54) is 0 Å². The van der Waals surface area contributed by atoms with Crippen LogP contribution in [0.3, 0.4) is 0 Å². The van der Waals surface area contributed by atoms with Crippen molar-refractivity contribution in [2.75, 3.05) is 19.1 Å². The van der Waals surface area contributed by atoms with Crippen molar-refractivity contribution in [3.05, 3.63) is 47.7 Å². The third-order valence-corrected chi connectivity index (χ3v) is 3.35. The average molecular weight is 277 g/mol. The average Bonchev–Trinajstić information content (AvgIpc) is 2.46. The second-order valence-corrected chi connectivity index (χ2v) is 4.64. The largest absolute Gasteiger partial charge is 0.497 e. The first kappa shape index (κ1) is 13.7. The Morgan fingerprint density at radius 1 is 1.26 bits per heavy atom. The predicted molar refractivity (Wildman–Crippen MR) is 79.6 cm³/mol. The van der Waals surface area contributed by atoms with Crippen LogP contribution < -0.4 is 9.64 Å². The molecule has 0 bridgehead atoms. The summed E-state index contributed by atoms with van der Waals surface area (Å²) in [4.78, 5) is 6.53. The van der Waals surface area contributed by atoms with Crippen molar-refractivity contribution < 1.29 is 4.74 Å². The number of halogens is 1. The van der Waals surface area contributed by atoms with E-state index in [0.717, 1.165) is 28.4 Å². The number of benzene rings is 1. The molecular formula is C15H17ClN2O. The van der Waals surface area contributed by atoms with Crippen LogP contribution in [0.15, 0.2) is 36.5 Å². The summed E-state index contributed by atoms with van der Waals surface area (Å²) < 4.78 is 5.16. The van der Waals surface area contributed by atoms with Gasteiger partial charge >= 0.3 is 0 Å².